The van der Waals surface area contributed by atoms with E-state index in [9.17, 15) is 17.6 Å². The minimum absolute atomic E-state index is 0.194. The first-order valence-corrected chi connectivity index (χ1v) is 6.61. The predicted octanol–water partition coefficient (Wildman–Crippen LogP) is 4.39. The van der Waals surface area contributed by atoms with Crippen LogP contribution in [0, 0.1) is 5.82 Å². The highest BCUT2D eigenvalue weighted by Crippen LogP contribution is 2.51. The van der Waals surface area contributed by atoms with Crippen molar-refractivity contribution in [1.82, 2.24) is 0 Å². The summed E-state index contributed by atoms with van der Waals surface area (Å²) in [6.45, 7) is 5.00. The lowest BCUT2D eigenvalue weighted by atomic mass is 9.74. The van der Waals surface area contributed by atoms with E-state index in [1.54, 1.807) is 19.9 Å². The van der Waals surface area contributed by atoms with E-state index in [-0.39, 0.29) is 13.0 Å². The van der Waals surface area contributed by atoms with Gasteiger partial charge in [-0.05, 0) is 41.5 Å². The summed E-state index contributed by atoms with van der Waals surface area (Å²) in [6, 6.07) is 4.32. The second-order valence-corrected chi connectivity index (χ2v) is 6.00. The quantitative estimate of drug-likeness (QED) is 0.592. The zero-order chi connectivity index (χ0) is 15.2. The Morgan fingerprint density at radius 3 is 2.30 bits per heavy atom. The van der Waals surface area contributed by atoms with Crippen LogP contribution in [0.3, 0.4) is 0 Å². The maximum Gasteiger partial charge on any atom is 0.419 e. The van der Waals surface area contributed by atoms with Crippen molar-refractivity contribution < 1.29 is 22.3 Å². The van der Waals surface area contributed by atoms with Crippen LogP contribution in [0.25, 0.3) is 0 Å². The molecule has 0 saturated carbocycles. The molecule has 0 aromatic heterocycles. The minimum Gasteiger partial charge on any atom is -0.360 e. The average Bonchev–Trinajstić information content (AvgIpc) is 3.08. The van der Waals surface area contributed by atoms with Crippen molar-refractivity contribution in [2.75, 3.05) is 6.61 Å². The van der Waals surface area contributed by atoms with Crippen LogP contribution in [0.15, 0.2) is 18.2 Å². The summed E-state index contributed by atoms with van der Waals surface area (Å²) < 4.78 is 57.2. The van der Waals surface area contributed by atoms with E-state index in [4.69, 9.17) is 4.74 Å². The molecule has 2 rings (SSSR count). The lowest BCUT2D eigenvalue weighted by Crippen LogP contribution is -2.39. The van der Waals surface area contributed by atoms with Gasteiger partial charge in [-0.3, -0.25) is 0 Å². The summed E-state index contributed by atoms with van der Waals surface area (Å²) in [4.78, 5) is 0. The van der Waals surface area contributed by atoms with Crippen LogP contribution in [0.5, 0.6) is 0 Å². The third kappa shape index (κ3) is 2.68. The maximum absolute atomic E-state index is 13.4. The van der Waals surface area contributed by atoms with Crippen molar-refractivity contribution in [3.05, 3.63) is 35.1 Å². The van der Waals surface area contributed by atoms with Gasteiger partial charge in [0, 0.05) is 0 Å². The highest BCUT2D eigenvalue weighted by Gasteiger charge is 2.67. The number of epoxide rings is 1. The Morgan fingerprint density at radius 2 is 1.85 bits per heavy atom. The molecule has 1 aromatic rings. The Morgan fingerprint density at radius 1 is 1.25 bits per heavy atom. The fourth-order valence-corrected chi connectivity index (χ4v) is 2.75. The van der Waals surface area contributed by atoms with E-state index < -0.39 is 23.0 Å². The smallest absolute Gasteiger partial charge is 0.360 e. The highest BCUT2D eigenvalue weighted by molar-refractivity contribution is 5.35. The molecule has 112 valence electrons. The predicted molar refractivity (Wildman–Crippen MR) is 68.2 cm³/mol. The summed E-state index contributed by atoms with van der Waals surface area (Å²) in [5, 5.41) is 0. The third-order valence-electron chi connectivity index (χ3n) is 3.92. The number of hydrogen-bond donors (Lipinski definition) is 0. The van der Waals surface area contributed by atoms with Crippen LogP contribution >= 0.6 is 0 Å². The van der Waals surface area contributed by atoms with Gasteiger partial charge in [0.1, 0.15) is 5.82 Å². The van der Waals surface area contributed by atoms with Crippen molar-refractivity contribution in [1.29, 1.82) is 0 Å². The van der Waals surface area contributed by atoms with Crippen LogP contribution in [0.2, 0.25) is 0 Å². The minimum atomic E-state index is -4.38. The first kappa shape index (κ1) is 15.3. The molecule has 1 heterocycles. The molecule has 0 unspecified atom stereocenters. The lowest BCUT2D eigenvalue weighted by Gasteiger charge is -2.31. The zero-order valence-corrected chi connectivity index (χ0v) is 11.8. The molecule has 0 spiro atoms. The fourth-order valence-electron chi connectivity index (χ4n) is 2.75. The SMILES string of the molecule is CCc1ccc(F)cc1C(C)(C)C[C@]1(C(F)(F)F)CO1. The van der Waals surface area contributed by atoms with Crippen molar-refractivity contribution >= 4 is 0 Å². The second-order valence-electron chi connectivity index (χ2n) is 6.00. The summed E-state index contributed by atoms with van der Waals surface area (Å²) >= 11 is 0. The fraction of sp³-hybridized carbons (Fsp3) is 0.600. The van der Waals surface area contributed by atoms with Gasteiger partial charge in [0.2, 0.25) is 0 Å². The lowest BCUT2D eigenvalue weighted by molar-refractivity contribution is -0.188. The molecule has 20 heavy (non-hydrogen) atoms. The number of benzene rings is 1. The molecule has 1 nitrogen and oxygen atoms in total. The number of hydrogen-bond acceptors (Lipinski definition) is 1. The summed E-state index contributed by atoms with van der Waals surface area (Å²) in [5.74, 6) is -0.428. The van der Waals surface area contributed by atoms with E-state index in [1.165, 1.54) is 12.1 Å². The van der Waals surface area contributed by atoms with Crippen molar-refractivity contribution in [2.24, 2.45) is 0 Å². The van der Waals surface area contributed by atoms with Gasteiger partial charge in [-0.25, -0.2) is 4.39 Å². The number of alkyl halides is 3. The molecule has 1 aliphatic heterocycles. The molecule has 0 radical (unpaired) electrons. The normalized spacial score (nSPS) is 22.9. The van der Waals surface area contributed by atoms with Gasteiger partial charge < -0.3 is 4.74 Å². The topological polar surface area (TPSA) is 12.5 Å². The van der Waals surface area contributed by atoms with E-state index in [0.717, 1.165) is 5.56 Å². The molecule has 1 atom stereocenters. The monoisotopic (exact) mass is 290 g/mol. The van der Waals surface area contributed by atoms with Crippen LogP contribution in [0.4, 0.5) is 17.6 Å². The van der Waals surface area contributed by atoms with Gasteiger partial charge in [-0.15, -0.1) is 0 Å². The van der Waals surface area contributed by atoms with Gasteiger partial charge >= 0.3 is 6.18 Å². The average molecular weight is 290 g/mol. The maximum atomic E-state index is 13.4. The van der Waals surface area contributed by atoms with Gasteiger partial charge in [0.05, 0.1) is 6.61 Å². The molecule has 1 aliphatic rings. The molecule has 0 bridgehead atoms. The zero-order valence-electron chi connectivity index (χ0n) is 11.8. The molecule has 1 aromatic carbocycles. The van der Waals surface area contributed by atoms with Crippen molar-refractivity contribution in [3.8, 4) is 0 Å². The first-order valence-electron chi connectivity index (χ1n) is 6.61. The first-order chi connectivity index (χ1) is 9.11. The molecule has 0 N–H and O–H groups in total. The number of ether oxygens (including phenoxy) is 1. The van der Waals surface area contributed by atoms with Crippen LogP contribution in [-0.2, 0) is 16.6 Å². The second kappa shape index (κ2) is 4.72. The van der Waals surface area contributed by atoms with Crippen molar-refractivity contribution in [3.63, 3.8) is 0 Å². The van der Waals surface area contributed by atoms with Gasteiger partial charge in [-0.2, -0.15) is 13.2 Å². The Bertz CT molecular complexity index is 501. The van der Waals surface area contributed by atoms with Crippen LogP contribution in [-0.4, -0.2) is 18.4 Å². The largest absolute Gasteiger partial charge is 0.419 e. The van der Waals surface area contributed by atoms with E-state index in [1.807, 2.05) is 6.92 Å². The summed E-state index contributed by atoms with van der Waals surface area (Å²) in [7, 11) is 0. The van der Waals surface area contributed by atoms with Gasteiger partial charge in [-0.1, -0.05) is 26.8 Å². The van der Waals surface area contributed by atoms with Crippen molar-refractivity contribution in [2.45, 2.75) is 50.8 Å². The highest BCUT2D eigenvalue weighted by atomic mass is 19.4. The van der Waals surface area contributed by atoms with Gasteiger partial charge in [0.15, 0.2) is 5.60 Å². The third-order valence-corrected chi connectivity index (χ3v) is 3.92. The molecular weight excluding hydrogens is 272 g/mol. The number of rotatable bonds is 4. The number of aryl methyl sites for hydroxylation is 1. The molecular formula is C15H18F4O. The molecule has 1 saturated heterocycles. The molecule has 5 heteroatoms. The Kier molecular flexibility index (Phi) is 3.61. The van der Waals surface area contributed by atoms with Gasteiger partial charge in [0.25, 0.3) is 0 Å². The Balaban J connectivity index is 2.34. The summed E-state index contributed by atoms with van der Waals surface area (Å²) in [5.41, 5.74) is -1.37. The van der Waals surface area contributed by atoms with E-state index in [0.29, 0.717) is 12.0 Å². The molecule has 0 aliphatic carbocycles. The number of halogens is 4. The van der Waals surface area contributed by atoms with Crippen LogP contribution < -0.4 is 0 Å². The Labute approximate surface area is 115 Å². The van der Waals surface area contributed by atoms with Crippen LogP contribution in [0.1, 0.15) is 38.3 Å². The molecule has 0 amide bonds. The van der Waals surface area contributed by atoms with E-state index in [2.05, 4.69) is 0 Å². The Hall–Kier alpha value is -1.10. The summed E-state index contributed by atoms with van der Waals surface area (Å²) in [6.07, 6.45) is -3.93. The van der Waals surface area contributed by atoms with E-state index >= 15 is 0 Å². The standard InChI is InChI=1S/C15H18F4O/c1-4-10-5-6-11(16)7-12(10)13(2,3)8-14(9-20-14)15(17,18)19/h5-7H,4,8-9H2,1-3H3/t14-/m1/s1. The molecule has 1 fully saturated rings.